The third-order valence-electron chi connectivity index (χ3n) is 8.00. The van der Waals surface area contributed by atoms with Crippen LogP contribution in [-0.2, 0) is 9.59 Å². The molecule has 3 N–H and O–H groups in total. The first kappa shape index (κ1) is 20.7. The maximum Gasteiger partial charge on any atom is 0.194 e. The lowest BCUT2D eigenvalue weighted by Crippen LogP contribution is -2.68. The zero-order valence-corrected chi connectivity index (χ0v) is 17.0. The molecule has 0 aromatic heterocycles. The number of hydrogen-bond donors (Lipinski definition) is 3. The first-order valence-electron chi connectivity index (χ1n) is 9.62. The number of hydrogen-bond acceptors (Lipinski definition) is 5. The van der Waals surface area contributed by atoms with Crippen LogP contribution in [0.25, 0.3) is 0 Å². The number of Topliss-reactive ketones (excluding diaryl/α,β-unsaturated/α-hetero) is 1. The van der Waals surface area contributed by atoms with Gasteiger partial charge in [-0.05, 0) is 42.6 Å². The maximum atomic E-state index is 15.2. The molecule has 4 aliphatic carbocycles. The molecular weight excluding hydrogens is 399 g/mol. The van der Waals surface area contributed by atoms with Gasteiger partial charge in [0.2, 0.25) is 0 Å². The highest BCUT2D eigenvalue weighted by molar-refractivity contribution is 6.26. The molecule has 7 atom stereocenters. The largest absolute Gasteiger partial charge is 0.391 e. The Kier molecular flexibility index (Phi) is 4.26. The van der Waals surface area contributed by atoms with Gasteiger partial charge in [0, 0.05) is 22.3 Å². The first-order chi connectivity index (χ1) is 13.4. The number of aliphatic hydroxyl groups excluding tert-OH is 2. The second-order valence-corrected chi connectivity index (χ2v) is 9.77. The molecule has 0 unspecified atom stereocenters. The van der Waals surface area contributed by atoms with E-state index >= 15 is 4.39 Å². The summed E-state index contributed by atoms with van der Waals surface area (Å²) in [6.07, 6.45) is 4.30. The normalized spacial score (nSPS) is 48.4. The second kappa shape index (κ2) is 5.97. The molecule has 0 radical (unpaired) electrons. The van der Waals surface area contributed by atoms with Gasteiger partial charge in [-0.1, -0.05) is 26.5 Å². The molecular formula is C22H24ClFO5. The van der Waals surface area contributed by atoms with Crippen molar-refractivity contribution >= 4 is 23.2 Å². The van der Waals surface area contributed by atoms with Crippen molar-refractivity contribution in [2.24, 2.45) is 22.7 Å². The van der Waals surface area contributed by atoms with Crippen LogP contribution in [0.1, 0.15) is 26.7 Å². The van der Waals surface area contributed by atoms with Crippen LogP contribution in [0.5, 0.6) is 0 Å². The van der Waals surface area contributed by atoms with Crippen LogP contribution in [0.3, 0.4) is 0 Å². The highest BCUT2D eigenvalue weighted by atomic mass is 35.5. The van der Waals surface area contributed by atoms with E-state index < -0.39 is 57.5 Å². The van der Waals surface area contributed by atoms with Gasteiger partial charge in [0.05, 0.1) is 11.0 Å². The van der Waals surface area contributed by atoms with Crippen LogP contribution in [-0.4, -0.2) is 50.1 Å². The Balaban J connectivity index is 1.94. The Labute approximate surface area is 173 Å². The van der Waals surface area contributed by atoms with E-state index in [1.807, 2.05) is 0 Å². The minimum absolute atomic E-state index is 0.0426. The van der Waals surface area contributed by atoms with Gasteiger partial charge in [-0.25, -0.2) is 4.39 Å². The lowest BCUT2D eigenvalue weighted by molar-refractivity contribution is -0.163. The van der Waals surface area contributed by atoms with Crippen LogP contribution < -0.4 is 0 Å². The Morgan fingerprint density at radius 1 is 1.41 bits per heavy atom. The van der Waals surface area contributed by atoms with Gasteiger partial charge in [0.15, 0.2) is 17.2 Å². The quantitative estimate of drug-likeness (QED) is 0.468. The Bertz CT molecular complexity index is 937. The molecule has 0 saturated heterocycles. The third kappa shape index (κ3) is 2.16. The molecule has 0 spiro atoms. The number of alkyl halides is 1. The molecule has 7 heteroatoms. The summed E-state index contributed by atoms with van der Waals surface area (Å²) in [4.78, 5) is 23.0. The monoisotopic (exact) mass is 422 g/mol. The van der Waals surface area contributed by atoms with Crippen molar-refractivity contribution in [1.82, 2.24) is 0 Å². The molecule has 0 amide bonds. The Morgan fingerprint density at radius 2 is 2.07 bits per heavy atom. The zero-order valence-electron chi connectivity index (χ0n) is 16.3. The van der Waals surface area contributed by atoms with E-state index in [4.69, 9.17) is 11.6 Å². The molecule has 29 heavy (non-hydrogen) atoms. The van der Waals surface area contributed by atoms with Crippen molar-refractivity contribution in [3.05, 3.63) is 47.9 Å². The van der Waals surface area contributed by atoms with E-state index in [1.54, 1.807) is 13.8 Å². The van der Waals surface area contributed by atoms with Crippen LogP contribution >= 0.6 is 11.6 Å². The average Bonchev–Trinajstić information content (AvgIpc) is 2.86. The minimum atomic E-state index is -2.04. The van der Waals surface area contributed by atoms with Crippen molar-refractivity contribution in [3.8, 4) is 0 Å². The van der Waals surface area contributed by atoms with Gasteiger partial charge in [-0.3, -0.25) is 9.59 Å². The van der Waals surface area contributed by atoms with Crippen LogP contribution in [0.4, 0.5) is 4.39 Å². The van der Waals surface area contributed by atoms with Crippen molar-refractivity contribution in [1.29, 1.82) is 0 Å². The summed E-state index contributed by atoms with van der Waals surface area (Å²) in [6.45, 7) is 6.34. The molecule has 156 valence electrons. The number of rotatable bonds is 2. The first-order valence-corrected chi connectivity index (χ1v) is 10.0. The second-order valence-electron chi connectivity index (χ2n) is 9.15. The molecule has 4 aliphatic rings. The van der Waals surface area contributed by atoms with Crippen LogP contribution in [0, 0.1) is 22.7 Å². The van der Waals surface area contributed by atoms with Crippen molar-refractivity contribution in [2.45, 2.75) is 43.3 Å². The molecule has 0 aromatic rings. The molecule has 0 aromatic carbocycles. The Hall–Kier alpha value is -1.60. The van der Waals surface area contributed by atoms with Gasteiger partial charge >= 0.3 is 0 Å². The van der Waals surface area contributed by atoms with Crippen LogP contribution in [0.2, 0.25) is 0 Å². The summed E-state index contributed by atoms with van der Waals surface area (Å²) in [6, 6.07) is 0. The van der Waals surface area contributed by atoms with E-state index in [0.717, 1.165) is 0 Å². The van der Waals surface area contributed by atoms with Gasteiger partial charge in [-0.15, -0.1) is 11.6 Å². The van der Waals surface area contributed by atoms with Gasteiger partial charge in [-0.2, -0.15) is 0 Å². The molecule has 0 bridgehead atoms. The highest BCUT2D eigenvalue weighted by Crippen LogP contribution is 2.70. The molecule has 5 nitrogen and oxygen atoms in total. The fourth-order valence-corrected chi connectivity index (χ4v) is 6.79. The molecule has 2 fully saturated rings. The Morgan fingerprint density at radius 3 is 2.69 bits per heavy atom. The summed E-state index contributed by atoms with van der Waals surface area (Å²) < 4.78 is 15.2. The summed E-state index contributed by atoms with van der Waals surface area (Å²) in [5.74, 6) is -2.98. The summed E-state index contributed by atoms with van der Waals surface area (Å²) in [5, 5.41) is 32.0. The van der Waals surface area contributed by atoms with E-state index in [-0.39, 0.29) is 29.8 Å². The molecule has 0 aliphatic heterocycles. The number of fused-ring (bicyclic) bond motifs is 5. The number of carbonyl (C=O) groups is 2. The zero-order chi connectivity index (χ0) is 21.6. The van der Waals surface area contributed by atoms with Crippen LogP contribution in [0.15, 0.2) is 47.9 Å². The number of halogens is 2. The number of carbonyl (C=O) groups excluding carboxylic acids is 2. The summed E-state index contributed by atoms with van der Waals surface area (Å²) in [7, 11) is 0. The van der Waals surface area contributed by atoms with E-state index in [9.17, 15) is 24.9 Å². The fraction of sp³-hybridized carbons (Fsp3) is 0.545. The summed E-state index contributed by atoms with van der Waals surface area (Å²) >= 11 is 7.13. The molecule has 0 heterocycles. The summed E-state index contributed by atoms with van der Waals surface area (Å²) in [5.41, 5.74) is -4.03. The lowest BCUT2D eigenvalue weighted by Gasteiger charge is -2.62. The average molecular weight is 423 g/mol. The SMILES string of the molecule is C=C1C[C@H]2[C@@H]3C=C(F)C4=CC(=O)C=C[C@]4(C)[C@@]3(Cl)[C@@H](O)C[C@]2(C)[C@@]1(O)C(=O)CO. The maximum absolute atomic E-state index is 15.2. The topological polar surface area (TPSA) is 94.8 Å². The van der Waals surface area contributed by atoms with Gasteiger partial charge < -0.3 is 15.3 Å². The molecule has 2 saturated carbocycles. The number of aliphatic hydroxyl groups is 3. The minimum Gasteiger partial charge on any atom is -0.391 e. The van der Waals surface area contributed by atoms with E-state index in [0.29, 0.717) is 0 Å². The lowest BCUT2D eigenvalue weighted by atomic mass is 9.47. The van der Waals surface area contributed by atoms with E-state index in [2.05, 4.69) is 6.58 Å². The fourth-order valence-electron chi connectivity index (χ4n) is 6.34. The van der Waals surface area contributed by atoms with Crippen molar-refractivity contribution in [2.75, 3.05) is 6.61 Å². The predicted octanol–water partition coefficient (Wildman–Crippen LogP) is 2.16. The smallest absolute Gasteiger partial charge is 0.194 e. The van der Waals surface area contributed by atoms with Crippen molar-refractivity contribution < 1.29 is 29.3 Å². The van der Waals surface area contributed by atoms with E-state index in [1.165, 1.54) is 24.3 Å². The number of ketones is 2. The third-order valence-corrected chi connectivity index (χ3v) is 8.89. The molecule has 4 rings (SSSR count). The van der Waals surface area contributed by atoms with Gasteiger partial charge in [0.1, 0.15) is 12.4 Å². The van der Waals surface area contributed by atoms with Gasteiger partial charge in [0.25, 0.3) is 0 Å². The highest BCUT2D eigenvalue weighted by Gasteiger charge is 2.74. The van der Waals surface area contributed by atoms with Crippen molar-refractivity contribution in [3.63, 3.8) is 0 Å². The standard InChI is InChI=1S/C22H24ClFO5/c1-11-6-13-14-8-16(24)15-7-12(26)4-5-19(15,2)21(14,23)17(27)9-20(13,3)22(11,29)18(28)10-25/h4-5,7-8,13-14,17,25,27,29H,1,6,9-10H2,2-3H3/t13-,14-,17-,19-,20-,21-,22-/m0/s1. The predicted molar refractivity (Wildman–Crippen MR) is 105 cm³/mol. The number of allylic oxidation sites excluding steroid dienone is 6.